The van der Waals surface area contributed by atoms with Crippen molar-refractivity contribution in [3.8, 4) is 0 Å². The Morgan fingerprint density at radius 2 is 2.19 bits per heavy atom. The zero-order chi connectivity index (χ0) is 15.6. The van der Waals surface area contributed by atoms with Gasteiger partial charge in [-0.1, -0.05) is 0 Å². The van der Waals surface area contributed by atoms with E-state index in [1.807, 2.05) is 0 Å². The van der Waals surface area contributed by atoms with Crippen molar-refractivity contribution in [2.45, 2.75) is 13.0 Å². The zero-order valence-electron chi connectivity index (χ0n) is 12.1. The number of aromatic nitrogens is 1. The number of nitrogens with zero attached hydrogens (tertiary/aromatic N) is 1. The lowest BCUT2D eigenvalue weighted by Crippen LogP contribution is -2.38. The maximum atomic E-state index is 13.3. The molecule has 0 saturated heterocycles. The topological polar surface area (TPSA) is 60.3 Å². The molecule has 1 aromatic heterocycles. The van der Waals surface area contributed by atoms with Gasteiger partial charge in [0.2, 0.25) is 5.43 Å². The molecule has 0 fully saturated rings. The van der Waals surface area contributed by atoms with Crippen LogP contribution >= 0.6 is 0 Å². The number of aryl methyl sites for hydroxylation is 1. The highest BCUT2D eigenvalue weighted by Gasteiger charge is 2.16. The lowest BCUT2D eigenvalue weighted by Gasteiger charge is -2.14. The summed E-state index contributed by atoms with van der Waals surface area (Å²) in [6, 6.07) is 3.71. The fourth-order valence-electron chi connectivity index (χ4n) is 2.22. The van der Waals surface area contributed by atoms with Crippen molar-refractivity contribution in [1.29, 1.82) is 0 Å². The normalized spacial score (nSPS) is 12.4. The van der Waals surface area contributed by atoms with Crippen molar-refractivity contribution in [3.05, 3.63) is 46.0 Å². The van der Waals surface area contributed by atoms with Gasteiger partial charge in [0.15, 0.2) is 0 Å². The molecule has 1 amide bonds. The van der Waals surface area contributed by atoms with E-state index in [1.54, 1.807) is 18.5 Å². The Morgan fingerprint density at radius 3 is 2.86 bits per heavy atom. The lowest BCUT2D eigenvalue weighted by molar-refractivity contribution is 0.0904. The number of amides is 1. The van der Waals surface area contributed by atoms with Crippen LogP contribution in [0.4, 0.5) is 4.39 Å². The van der Waals surface area contributed by atoms with Crippen LogP contribution in [0.15, 0.2) is 29.2 Å². The van der Waals surface area contributed by atoms with Crippen LogP contribution in [0.1, 0.15) is 17.3 Å². The number of nitrogens with one attached hydrogen (secondary N) is 1. The Labute approximate surface area is 121 Å². The summed E-state index contributed by atoms with van der Waals surface area (Å²) in [4.78, 5) is 24.5. The summed E-state index contributed by atoms with van der Waals surface area (Å²) < 4.78 is 19.9. The van der Waals surface area contributed by atoms with Crippen LogP contribution in [0.25, 0.3) is 10.9 Å². The van der Waals surface area contributed by atoms with Crippen molar-refractivity contribution in [3.63, 3.8) is 0 Å². The molecule has 0 bridgehead atoms. The molecule has 0 aliphatic carbocycles. The van der Waals surface area contributed by atoms with E-state index in [9.17, 15) is 14.0 Å². The second-order valence-electron chi connectivity index (χ2n) is 4.97. The molecule has 0 aliphatic heterocycles. The van der Waals surface area contributed by atoms with Gasteiger partial charge in [0.1, 0.15) is 11.4 Å². The number of rotatable bonds is 4. The lowest BCUT2D eigenvalue weighted by atomic mass is 10.1. The number of carbonyl (C=O) groups excluding carboxylic acids is 1. The Morgan fingerprint density at radius 1 is 1.48 bits per heavy atom. The van der Waals surface area contributed by atoms with Gasteiger partial charge in [0, 0.05) is 31.8 Å². The third kappa shape index (κ3) is 3.11. The summed E-state index contributed by atoms with van der Waals surface area (Å²) in [5.74, 6) is -1.00. The van der Waals surface area contributed by atoms with Crippen molar-refractivity contribution in [2.75, 3.05) is 13.7 Å². The number of benzene rings is 1. The van der Waals surface area contributed by atoms with E-state index in [1.165, 1.54) is 25.4 Å². The summed E-state index contributed by atoms with van der Waals surface area (Å²) >= 11 is 0. The van der Waals surface area contributed by atoms with Gasteiger partial charge in [0.05, 0.1) is 12.1 Å². The van der Waals surface area contributed by atoms with Crippen molar-refractivity contribution < 1.29 is 13.9 Å². The van der Waals surface area contributed by atoms with Crippen LogP contribution in [0.2, 0.25) is 0 Å². The summed E-state index contributed by atoms with van der Waals surface area (Å²) in [5, 5.41) is 2.86. The molecule has 21 heavy (non-hydrogen) atoms. The van der Waals surface area contributed by atoms with Gasteiger partial charge in [-0.2, -0.15) is 0 Å². The third-order valence-electron chi connectivity index (χ3n) is 3.19. The largest absolute Gasteiger partial charge is 0.383 e. The van der Waals surface area contributed by atoms with Gasteiger partial charge in [-0.15, -0.1) is 0 Å². The molecule has 2 rings (SSSR count). The summed E-state index contributed by atoms with van der Waals surface area (Å²) in [7, 11) is 3.23. The minimum absolute atomic E-state index is 0.0152. The number of pyridine rings is 1. The molecule has 0 saturated carbocycles. The van der Waals surface area contributed by atoms with Crippen LogP contribution in [-0.2, 0) is 11.8 Å². The minimum atomic E-state index is -0.509. The number of carbonyl (C=O) groups is 1. The Bertz CT molecular complexity index is 740. The number of halogens is 1. The molecule has 112 valence electrons. The Kier molecular flexibility index (Phi) is 4.37. The van der Waals surface area contributed by atoms with Gasteiger partial charge in [0.25, 0.3) is 5.91 Å². The maximum absolute atomic E-state index is 13.3. The van der Waals surface area contributed by atoms with Crippen molar-refractivity contribution in [1.82, 2.24) is 9.88 Å². The second kappa shape index (κ2) is 6.05. The highest BCUT2D eigenvalue weighted by Crippen LogP contribution is 2.12. The summed E-state index contributed by atoms with van der Waals surface area (Å²) in [6.07, 6.45) is 1.46. The van der Waals surface area contributed by atoms with Gasteiger partial charge in [-0.3, -0.25) is 9.59 Å². The standard InChI is InChI=1S/C15H17FN2O3/c1-9(8-21-3)17-15(20)12-7-18(2)13-5-4-10(16)6-11(13)14(12)19/h4-7,9H,8H2,1-3H3,(H,17,20)/t9-/m1/s1. The quantitative estimate of drug-likeness (QED) is 0.927. The van der Waals surface area contributed by atoms with Crippen LogP contribution in [-0.4, -0.2) is 30.2 Å². The van der Waals surface area contributed by atoms with E-state index >= 15 is 0 Å². The van der Waals surface area contributed by atoms with E-state index in [2.05, 4.69) is 5.32 Å². The first kappa shape index (κ1) is 15.2. The van der Waals surface area contributed by atoms with Crippen LogP contribution in [0.3, 0.4) is 0 Å². The fraction of sp³-hybridized carbons (Fsp3) is 0.333. The van der Waals surface area contributed by atoms with E-state index < -0.39 is 17.2 Å². The third-order valence-corrected chi connectivity index (χ3v) is 3.19. The second-order valence-corrected chi connectivity index (χ2v) is 4.97. The SMILES string of the molecule is COC[C@@H](C)NC(=O)c1cn(C)c2ccc(F)cc2c1=O. The monoisotopic (exact) mass is 292 g/mol. The first-order valence-corrected chi connectivity index (χ1v) is 6.52. The molecular formula is C15H17FN2O3. The number of fused-ring (bicyclic) bond motifs is 1. The highest BCUT2D eigenvalue weighted by atomic mass is 19.1. The van der Waals surface area contributed by atoms with E-state index in [0.717, 1.165) is 6.07 Å². The molecule has 1 heterocycles. The predicted octanol–water partition coefficient (Wildman–Crippen LogP) is 1.44. The molecule has 5 nitrogen and oxygen atoms in total. The number of hydrogen-bond acceptors (Lipinski definition) is 3. The molecule has 0 unspecified atom stereocenters. The Hall–Kier alpha value is -2.21. The van der Waals surface area contributed by atoms with Crippen LogP contribution < -0.4 is 10.7 Å². The molecule has 1 N–H and O–H groups in total. The molecule has 2 aromatic rings. The van der Waals surface area contributed by atoms with E-state index in [0.29, 0.717) is 12.1 Å². The van der Waals surface area contributed by atoms with E-state index in [4.69, 9.17) is 4.74 Å². The minimum Gasteiger partial charge on any atom is -0.383 e. The maximum Gasteiger partial charge on any atom is 0.257 e. The van der Waals surface area contributed by atoms with Crippen LogP contribution in [0, 0.1) is 5.82 Å². The average molecular weight is 292 g/mol. The number of ether oxygens (including phenoxy) is 1. The molecule has 0 spiro atoms. The molecular weight excluding hydrogens is 275 g/mol. The molecule has 0 aliphatic rings. The molecule has 1 aromatic carbocycles. The van der Waals surface area contributed by atoms with Gasteiger partial charge in [-0.25, -0.2) is 4.39 Å². The first-order chi connectivity index (χ1) is 9.93. The number of hydrogen-bond donors (Lipinski definition) is 1. The Balaban J connectivity index is 2.48. The van der Waals surface area contributed by atoms with Crippen LogP contribution in [0.5, 0.6) is 0 Å². The molecule has 0 radical (unpaired) electrons. The van der Waals surface area contributed by atoms with Gasteiger partial charge < -0.3 is 14.6 Å². The highest BCUT2D eigenvalue weighted by molar-refractivity contribution is 5.97. The zero-order valence-corrected chi connectivity index (χ0v) is 12.1. The van der Waals surface area contributed by atoms with Gasteiger partial charge >= 0.3 is 0 Å². The average Bonchev–Trinajstić information content (AvgIpc) is 2.42. The van der Waals surface area contributed by atoms with E-state index in [-0.39, 0.29) is 17.0 Å². The smallest absolute Gasteiger partial charge is 0.257 e. The first-order valence-electron chi connectivity index (χ1n) is 6.52. The summed E-state index contributed by atoms with van der Waals surface area (Å²) in [5.41, 5.74) is 0.0751. The van der Waals surface area contributed by atoms with Crippen molar-refractivity contribution in [2.24, 2.45) is 7.05 Å². The number of methoxy groups -OCH3 is 1. The molecule has 6 heteroatoms. The summed E-state index contributed by atoms with van der Waals surface area (Å²) in [6.45, 7) is 2.11. The molecule has 1 atom stereocenters. The van der Waals surface area contributed by atoms with Gasteiger partial charge in [-0.05, 0) is 25.1 Å². The fourth-order valence-corrected chi connectivity index (χ4v) is 2.22. The van der Waals surface area contributed by atoms with Crippen molar-refractivity contribution >= 4 is 16.8 Å². The predicted molar refractivity (Wildman–Crippen MR) is 78.0 cm³/mol.